The van der Waals surface area contributed by atoms with E-state index in [1.807, 2.05) is 42.5 Å². The molecule has 0 radical (unpaired) electrons. The number of aromatic nitrogens is 3. The normalized spacial score (nSPS) is 10.6. The van der Waals surface area contributed by atoms with Crippen molar-refractivity contribution in [3.05, 3.63) is 72.3 Å². The highest BCUT2D eigenvalue weighted by Gasteiger charge is 2.18. The van der Waals surface area contributed by atoms with Gasteiger partial charge in [-0.3, -0.25) is 4.79 Å². The molecule has 0 saturated carbocycles. The van der Waals surface area contributed by atoms with E-state index in [0.717, 1.165) is 11.3 Å². The first-order valence-corrected chi connectivity index (χ1v) is 9.52. The van der Waals surface area contributed by atoms with Crippen LogP contribution in [0.1, 0.15) is 0 Å². The van der Waals surface area contributed by atoms with E-state index in [-0.39, 0.29) is 11.7 Å². The summed E-state index contributed by atoms with van der Waals surface area (Å²) in [5.41, 5.74) is 1.57. The summed E-state index contributed by atoms with van der Waals surface area (Å²) < 4.78 is 1.37. The molecule has 0 aliphatic rings. The number of nitrogens with two attached hydrogens (primary N) is 1. The summed E-state index contributed by atoms with van der Waals surface area (Å²) in [6, 6.07) is 16.6. The monoisotopic (exact) mass is 399 g/mol. The predicted octanol–water partition coefficient (Wildman–Crippen LogP) is 3.62. The number of carbonyl (C=O) groups excluding carboxylic acids is 1. The zero-order valence-corrected chi connectivity index (χ0v) is 16.0. The number of rotatable bonds is 7. The Bertz CT molecular complexity index is 944. The maximum atomic E-state index is 12.7. The van der Waals surface area contributed by atoms with Crippen LogP contribution in [0.25, 0.3) is 11.4 Å². The van der Waals surface area contributed by atoms with Crippen molar-refractivity contribution in [3.8, 4) is 11.4 Å². The van der Waals surface area contributed by atoms with E-state index in [2.05, 4.69) is 16.8 Å². The van der Waals surface area contributed by atoms with E-state index in [9.17, 15) is 4.79 Å². The molecule has 3 rings (SSSR count). The van der Waals surface area contributed by atoms with Crippen LogP contribution >= 0.6 is 23.4 Å². The Labute approximate surface area is 166 Å². The van der Waals surface area contributed by atoms with Crippen LogP contribution in [0.3, 0.4) is 0 Å². The SMILES string of the molecule is C=CCN(C(=O)CSc1nnc(-c2cccc(Cl)c2)n1N)c1ccccc1. The Morgan fingerprint density at radius 1 is 1.22 bits per heavy atom. The van der Waals surface area contributed by atoms with Crippen LogP contribution in [0.5, 0.6) is 0 Å². The standard InChI is InChI=1S/C19H18ClN5OS/c1-2-11-24(16-9-4-3-5-10-16)17(26)13-27-19-23-22-18(25(19)21)14-7-6-8-15(20)12-14/h2-10,12H,1,11,13,21H2. The molecule has 0 spiro atoms. The summed E-state index contributed by atoms with van der Waals surface area (Å²) in [4.78, 5) is 14.3. The number of halogens is 1. The Morgan fingerprint density at radius 2 is 2.00 bits per heavy atom. The molecule has 0 unspecified atom stereocenters. The number of nitrogens with zero attached hydrogens (tertiary/aromatic N) is 4. The molecule has 0 bridgehead atoms. The van der Waals surface area contributed by atoms with Crippen molar-refractivity contribution in [1.29, 1.82) is 0 Å². The fraction of sp³-hybridized carbons (Fsp3) is 0.105. The van der Waals surface area contributed by atoms with Crippen LogP contribution in [0.4, 0.5) is 5.69 Å². The summed E-state index contributed by atoms with van der Waals surface area (Å²) >= 11 is 7.25. The second kappa shape index (κ2) is 8.75. The average Bonchev–Trinajstić information content (AvgIpc) is 3.05. The van der Waals surface area contributed by atoms with E-state index >= 15 is 0 Å². The molecule has 1 aromatic heterocycles. The number of benzene rings is 2. The number of para-hydroxylation sites is 1. The van der Waals surface area contributed by atoms with Crippen LogP contribution in [-0.2, 0) is 4.79 Å². The van der Waals surface area contributed by atoms with E-state index in [1.165, 1.54) is 16.4 Å². The summed E-state index contributed by atoms with van der Waals surface area (Å²) in [5.74, 6) is 6.69. The molecule has 27 heavy (non-hydrogen) atoms. The number of thioether (sulfide) groups is 1. The van der Waals surface area contributed by atoms with Crippen molar-refractivity contribution < 1.29 is 4.79 Å². The van der Waals surface area contributed by atoms with Crippen molar-refractivity contribution in [2.45, 2.75) is 5.16 Å². The molecule has 6 nitrogen and oxygen atoms in total. The van der Waals surface area contributed by atoms with Gasteiger partial charge in [-0.2, -0.15) is 0 Å². The maximum Gasteiger partial charge on any atom is 0.237 e. The smallest absolute Gasteiger partial charge is 0.237 e. The van der Waals surface area contributed by atoms with Crippen molar-refractivity contribution in [2.24, 2.45) is 0 Å². The van der Waals surface area contributed by atoms with E-state index in [0.29, 0.717) is 22.5 Å². The van der Waals surface area contributed by atoms with Gasteiger partial charge in [0.2, 0.25) is 11.1 Å². The topological polar surface area (TPSA) is 77.0 Å². The minimum Gasteiger partial charge on any atom is -0.335 e. The van der Waals surface area contributed by atoms with Gasteiger partial charge in [-0.15, -0.1) is 16.8 Å². The van der Waals surface area contributed by atoms with Crippen molar-refractivity contribution in [1.82, 2.24) is 14.9 Å². The minimum absolute atomic E-state index is 0.0709. The van der Waals surface area contributed by atoms with Crippen molar-refractivity contribution >= 4 is 35.0 Å². The molecule has 2 N–H and O–H groups in total. The quantitative estimate of drug-likeness (QED) is 0.373. The molecule has 0 aliphatic carbocycles. The highest BCUT2D eigenvalue weighted by atomic mass is 35.5. The third-order valence-corrected chi connectivity index (χ3v) is 4.92. The second-order valence-electron chi connectivity index (χ2n) is 5.60. The van der Waals surface area contributed by atoms with Gasteiger partial charge in [-0.25, -0.2) is 4.68 Å². The molecule has 2 aromatic carbocycles. The third kappa shape index (κ3) is 4.50. The lowest BCUT2D eigenvalue weighted by Crippen LogP contribution is -2.32. The lowest BCUT2D eigenvalue weighted by molar-refractivity contribution is -0.116. The van der Waals surface area contributed by atoms with Crippen LogP contribution in [0.2, 0.25) is 5.02 Å². The average molecular weight is 400 g/mol. The van der Waals surface area contributed by atoms with E-state index < -0.39 is 0 Å². The number of hydrogen-bond donors (Lipinski definition) is 1. The highest BCUT2D eigenvalue weighted by Crippen LogP contribution is 2.24. The van der Waals surface area contributed by atoms with Crippen molar-refractivity contribution in [3.63, 3.8) is 0 Å². The Kier molecular flexibility index (Phi) is 6.16. The third-order valence-electron chi connectivity index (χ3n) is 3.75. The molecule has 8 heteroatoms. The highest BCUT2D eigenvalue weighted by molar-refractivity contribution is 7.99. The van der Waals surface area contributed by atoms with Gasteiger partial charge in [0.25, 0.3) is 0 Å². The van der Waals surface area contributed by atoms with Gasteiger partial charge >= 0.3 is 0 Å². The van der Waals surface area contributed by atoms with E-state index in [4.69, 9.17) is 17.4 Å². The van der Waals surface area contributed by atoms with Gasteiger partial charge in [0, 0.05) is 22.8 Å². The van der Waals surface area contributed by atoms with Gasteiger partial charge < -0.3 is 10.7 Å². The zero-order chi connectivity index (χ0) is 19.2. The number of nitrogen functional groups attached to an aromatic ring is 1. The molecule has 3 aromatic rings. The van der Waals surface area contributed by atoms with Crippen LogP contribution in [0, 0.1) is 0 Å². The number of carbonyl (C=O) groups is 1. The van der Waals surface area contributed by atoms with Gasteiger partial charge in [0.1, 0.15) is 0 Å². The Hall–Kier alpha value is -2.77. The lowest BCUT2D eigenvalue weighted by atomic mass is 10.2. The molecule has 1 amide bonds. The first-order valence-electron chi connectivity index (χ1n) is 8.15. The van der Waals surface area contributed by atoms with Crippen LogP contribution in [-0.4, -0.2) is 33.1 Å². The number of hydrogen-bond acceptors (Lipinski definition) is 5. The minimum atomic E-state index is -0.0709. The molecule has 0 fully saturated rings. The first-order chi connectivity index (χ1) is 13.1. The number of amides is 1. The molecule has 1 heterocycles. The molecular weight excluding hydrogens is 382 g/mol. The summed E-state index contributed by atoms with van der Waals surface area (Å²) in [6.07, 6.45) is 1.69. The molecule has 0 atom stereocenters. The molecule has 0 saturated heterocycles. The Morgan fingerprint density at radius 3 is 2.70 bits per heavy atom. The fourth-order valence-electron chi connectivity index (χ4n) is 2.49. The largest absolute Gasteiger partial charge is 0.335 e. The van der Waals surface area contributed by atoms with Gasteiger partial charge in [-0.05, 0) is 24.3 Å². The molecule has 0 aliphatic heterocycles. The second-order valence-corrected chi connectivity index (χ2v) is 6.98. The van der Waals surface area contributed by atoms with Crippen LogP contribution in [0.15, 0.2) is 72.4 Å². The summed E-state index contributed by atoms with van der Waals surface area (Å²) in [6.45, 7) is 4.15. The zero-order valence-electron chi connectivity index (χ0n) is 14.5. The maximum absolute atomic E-state index is 12.7. The Balaban J connectivity index is 1.72. The summed E-state index contributed by atoms with van der Waals surface area (Å²) in [5, 5.41) is 9.24. The molecular formula is C19H18ClN5OS. The lowest BCUT2D eigenvalue weighted by Gasteiger charge is -2.20. The van der Waals surface area contributed by atoms with Gasteiger partial charge in [-0.1, -0.05) is 59.8 Å². The predicted molar refractivity (Wildman–Crippen MR) is 110 cm³/mol. The van der Waals surface area contributed by atoms with E-state index in [1.54, 1.807) is 23.1 Å². The van der Waals surface area contributed by atoms with Crippen LogP contribution < -0.4 is 10.7 Å². The van der Waals surface area contributed by atoms with Crippen molar-refractivity contribution in [2.75, 3.05) is 23.0 Å². The fourth-order valence-corrected chi connectivity index (χ4v) is 3.42. The molecule has 138 valence electrons. The number of anilines is 1. The summed E-state index contributed by atoms with van der Waals surface area (Å²) in [7, 11) is 0. The first kappa shape index (κ1) is 19.0. The van der Waals surface area contributed by atoms with Gasteiger partial charge in [0.15, 0.2) is 5.82 Å². The van der Waals surface area contributed by atoms with Gasteiger partial charge in [0.05, 0.1) is 5.75 Å².